The molecule has 0 radical (unpaired) electrons. The molecule has 1 aliphatic rings. The molecule has 0 spiro atoms. The van der Waals surface area contributed by atoms with Gasteiger partial charge in [-0.1, -0.05) is 17.7 Å². The summed E-state index contributed by atoms with van der Waals surface area (Å²) in [5.74, 6) is 0.0186. The predicted octanol–water partition coefficient (Wildman–Crippen LogP) is 5.06. The van der Waals surface area contributed by atoms with Gasteiger partial charge in [0.25, 0.3) is 5.91 Å². The lowest BCUT2D eigenvalue weighted by molar-refractivity contribution is 0.0926. The van der Waals surface area contributed by atoms with Crippen molar-refractivity contribution in [2.75, 3.05) is 5.32 Å². The van der Waals surface area contributed by atoms with E-state index >= 15 is 0 Å². The predicted molar refractivity (Wildman–Crippen MR) is 117 cm³/mol. The Kier molecular flexibility index (Phi) is 5.58. The van der Waals surface area contributed by atoms with Gasteiger partial charge in [-0.15, -0.1) is 0 Å². The van der Waals surface area contributed by atoms with Crippen molar-refractivity contribution in [1.29, 1.82) is 0 Å². The van der Waals surface area contributed by atoms with Crippen LogP contribution >= 0.6 is 11.6 Å². The molecule has 150 valence electrons. The van der Waals surface area contributed by atoms with E-state index in [-0.39, 0.29) is 17.7 Å². The van der Waals surface area contributed by atoms with Crippen LogP contribution in [0.2, 0.25) is 5.02 Å². The molecule has 0 aliphatic heterocycles. The van der Waals surface area contributed by atoms with E-state index in [4.69, 9.17) is 11.6 Å². The average Bonchev–Trinajstić information content (AvgIpc) is 2.71. The molecule has 3 N–H and O–H groups in total. The van der Waals surface area contributed by atoms with Gasteiger partial charge in [0.05, 0.1) is 5.52 Å². The maximum Gasteiger partial charge on any atom is 0.251 e. The number of nitrogens with zero attached hydrogens (tertiary/aromatic N) is 1. The van der Waals surface area contributed by atoms with Crippen molar-refractivity contribution in [3.63, 3.8) is 0 Å². The minimum Gasteiger partial charge on any atom is -0.508 e. The second-order valence-corrected chi connectivity index (χ2v) is 8.12. The van der Waals surface area contributed by atoms with Gasteiger partial charge < -0.3 is 15.7 Å². The average molecular weight is 410 g/mol. The summed E-state index contributed by atoms with van der Waals surface area (Å²) in [6.07, 6.45) is 5.57. The van der Waals surface area contributed by atoms with Crippen LogP contribution in [0.4, 0.5) is 5.69 Å². The molecule has 1 saturated carbocycles. The summed E-state index contributed by atoms with van der Waals surface area (Å²) in [6, 6.07) is 13.3. The zero-order valence-electron chi connectivity index (χ0n) is 16.3. The highest BCUT2D eigenvalue weighted by Gasteiger charge is 2.23. The first-order valence-corrected chi connectivity index (χ1v) is 10.3. The third-order valence-electron chi connectivity index (χ3n) is 5.60. The van der Waals surface area contributed by atoms with Gasteiger partial charge in [-0.05, 0) is 74.6 Å². The van der Waals surface area contributed by atoms with E-state index in [1.54, 1.807) is 18.3 Å². The fraction of sp³-hybridized carbons (Fsp3) is 0.304. The topological polar surface area (TPSA) is 74.2 Å². The van der Waals surface area contributed by atoms with E-state index in [1.807, 2.05) is 31.2 Å². The lowest BCUT2D eigenvalue weighted by Gasteiger charge is -2.30. The molecule has 1 heterocycles. The zero-order valence-corrected chi connectivity index (χ0v) is 17.0. The van der Waals surface area contributed by atoms with Crippen LogP contribution in [-0.2, 0) is 0 Å². The number of halogens is 1. The molecular formula is C23H24ClN3O2. The van der Waals surface area contributed by atoms with Crippen molar-refractivity contribution < 1.29 is 9.90 Å². The minimum absolute atomic E-state index is 0.131. The SMILES string of the molecule is Cc1ccc(C(=O)N[C@H]2CC[C@@H](Nc3ccnc4cc(Cl)ccc34)CC2)cc1O. The number of carbonyl (C=O) groups is 1. The molecule has 1 aliphatic carbocycles. The molecule has 1 amide bonds. The second kappa shape index (κ2) is 8.29. The largest absolute Gasteiger partial charge is 0.508 e. The second-order valence-electron chi connectivity index (χ2n) is 7.69. The molecule has 0 atom stereocenters. The van der Waals surface area contributed by atoms with E-state index in [2.05, 4.69) is 15.6 Å². The quantitative estimate of drug-likeness (QED) is 0.563. The van der Waals surface area contributed by atoms with E-state index in [0.29, 0.717) is 16.6 Å². The molecular weight excluding hydrogens is 386 g/mol. The lowest BCUT2D eigenvalue weighted by Crippen LogP contribution is -2.40. The summed E-state index contributed by atoms with van der Waals surface area (Å²) in [6.45, 7) is 1.81. The molecule has 4 rings (SSSR count). The standard InChI is InChI=1S/C23H24ClN3O2/c1-14-2-3-15(12-22(14)28)23(29)27-18-7-5-17(6-8-18)26-20-10-11-25-21-13-16(24)4-9-19(20)21/h2-4,9-13,17-18,28H,5-8H2,1H3,(H,25,26)(H,27,29)/t17-,18+. The fourth-order valence-corrected chi connectivity index (χ4v) is 4.03. The Labute approximate surface area is 175 Å². The maximum absolute atomic E-state index is 12.5. The fourth-order valence-electron chi connectivity index (χ4n) is 3.87. The van der Waals surface area contributed by atoms with Crippen molar-refractivity contribution in [3.05, 3.63) is 64.8 Å². The van der Waals surface area contributed by atoms with Crippen molar-refractivity contribution >= 4 is 34.1 Å². The number of carbonyl (C=O) groups excluding carboxylic acids is 1. The Morgan fingerprint density at radius 2 is 1.83 bits per heavy atom. The minimum atomic E-state index is -0.131. The van der Waals surface area contributed by atoms with Gasteiger partial charge >= 0.3 is 0 Å². The Balaban J connectivity index is 1.35. The number of aryl methyl sites for hydroxylation is 1. The number of pyridine rings is 1. The van der Waals surface area contributed by atoms with Crippen molar-refractivity contribution in [3.8, 4) is 5.75 Å². The molecule has 5 nitrogen and oxygen atoms in total. The summed E-state index contributed by atoms with van der Waals surface area (Å²) < 4.78 is 0. The van der Waals surface area contributed by atoms with E-state index in [0.717, 1.165) is 47.8 Å². The van der Waals surface area contributed by atoms with Gasteiger partial charge in [-0.3, -0.25) is 9.78 Å². The van der Waals surface area contributed by atoms with Gasteiger partial charge in [0.2, 0.25) is 0 Å². The highest BCUT2D eigenvalue weighted by molar-refractivity contribution is 6.31. The molecule has 6 heteroatoms. The van der Waals surface area contributed by atoms with Gasteiger partial charge in [-0.25, -0.2) is 0 Å². The molecule has 2 aromatic carbocycles. The van der Waals surface area contributed by atoms with Crippen LogP contribution in [0, 0.1) is 6.92 Å². The molecule has 1 fully saturated rings. The van der Waals surface area contributed by atoms with Gasteiger partial charge in [0.1, 0.15) is 5.75 Å². The highest BCUT2D eigenvalue weighted by Crippen LogP contribution is 2.28. The van der Waals surface area contributed by atoms with Crippen LogP contribution < -0.4 is 10.6 Å². The van der Waals surface area contributed by atoms with Crippen LogP contribution in [0.3, 0.4) is 0 Å². The molecule has 0 unspecified atom stereocenters. The number of phenols is 1. The number of fused-ring (bicyclic) bond motifs is 1. The first-order valence-electron chi connectivity index (χ1n) is 9.91. The smallest absolute Gasteiger partial charge is 0.251 e. The Hall–Kier alpha value is -2.79. The first-order chi connectivity index (χ1) is 14.0. The number of nitrogens with one attached hydrogen (secondary N) is 2. The number of amides is 1. The first kappa shape index (κ1) is 19.5. The van der Waals surface area contributed by atoms with Gasteiger partial charge in [0, 0.05) is 39.9 Å². The third-order valence-corrected chi connectivity index (χ3v) is 5.83. The van der Waals surface area contributed by atoms with Gasteiger partial charge in [0.15, 0.2) is 0 Å². The van der Waals surface area contributed by atoms with Crippen LogP contribution in [-0.4, -0.2) is 28.1 Å². The summed E-state index contributed by atoms with van der Waals surface area (Å²) in [5.41, 5.74) is 3.20. The van der Waals surface area contributed by atoms with Gasteiger partial charge in [-0.2, -0.15) is 0 Å². The molecule has 0 bridgehead atoms. The van der Waals surface area contributed by atoms with Crippen molar-refractivity contribution in [2.45, 2.75) is 44.7 Å². The van der Waals surface area contributed by atoms with Crippen molar-refractivity contribution in [2.24, 2.45) is 0 Å². The number of hydrogen-bond acceptors (Lipinski definition) is 4. The Morgan fingerprint density at radius 1 is 1.07 bits per heavy atom. The Morgan fingerprint density at radius 3 is 2.59 bits per heavy atom. The normalized spacial score (nSPS) is 19.1. The van der Waals surface area contributed by atoms with E-state index < -0.39 is 0 Å². The number of phenolic OH excluding ortho intramolecular Hbond substituents is 1. The molecule has 29 heavy (non-hydrogen) atoms. The number of hydrogen-bond donors (Lipinski definition) is 3. The van der Waals surface area contributed by atoms with Crippen LogP contribution in [0.1, 0.15) is 41.6 Å². The summed E-state index contributed by atoms with van der Waals surface area (Å²) in [4.78, 5) is 16.9. The number of aromatic hydroxyl groups is 1. The van der Waals surface area contributed by atoms with Crippen LogP contribution in [0.25, 0.3) is 10.9 Å². The third kappa shape index (κ3) is 4.46. The monoisotopic (exact) mass is 409 g/mol. The highest BCUT2D eigenvalue weighted by atomic mass is 35.5. The molecule has 3 aromatic rings. The van der Waals surface area contributed by atoms with E-state index in [9.17, 15) is 9.90 Å². The van der Waals surface area contributed by atoms with Crippen LogP contribution in [0.5, 0.6) is 5.75 Å². The summed E-state index contributed by atoms with van der Waals surface area (Å²) in [7, 11) is 0. The van der Waals surface area contributed by atoms with Crippen molar-refractivity contribution in [1.82, 2.24) is 10.3 Å². The lowest BCUT2D eigenvalue weighted by atomic mass is 9.90. The zero-order chi connectivity index (χ0) is 20.4. The summed E-state index contributed by atoms with van der Waals surface area (Å²) >= 11 is 6.07. The number of benzene rings is 2. The van der Waals surface area contributed by atoms with Crippen LogP contribution in [0.15, 0.2) is 48.7 Å². The Bertz CT molecular complexity index is 1050. The molecule has 0 saturated heterocycles. The number of rotatable bonds is 4. The number of anilines is 1. The molecule has 1 aromatic heterocycles. The van der Waals surface area contributed by atoms with E-state index in [1.165, 1.54) is 6.07 Å². The maximum atomic E-state index is 12.5. The number of aromatic nitrogens is 1. The summed E-state index contributed by atoms with van der Waals surface area (Å²) in [5, 5.41) is 18.3.